The normalized spacial score (nSPS) is 14.2. The van der Waals surface area contributed by atoms with Gasteiger partial charge >= 0.3 is 6.03 Å². The second kappa shape index (κ2) is 7.04. The summed E-state index contributed by atoms with van der Waals surface area (Å²) in [5.74, 6) is -0.963. The van der Waals surface area contributed by atoms with Gasteiger partial charge in [0.2, 0.25) is 0 Å². The Kier molecular flexibility index (Phi) is 4.83. The van der Waals surface area contributed by atoms with Crippen LogP contribution in [0.1, 0.15) is 36.9 Å². The largest absolute Gasteiger partial charge is 0.324 e. The van der Waals surface area contributed by atoms with E-state index in [2.05, 4.69) is 21.8 Å². The average Bonchev–Trinajstić information content (AvgIpc) is 2.84. The van der Waals surface area contributed by atoms with Crippen molar-refractivity contribution in [3.8, 4) is 0 Å². The fraction of sp³-hybridized carbons (Fsp3) is 0.333. The summed E-state index contributed by atoms with van der Waals surface area (Å²) in [6.07, 6.45) is 6.39. The molecule has 7 heteroatoms. The minimum Gasteiger partial charge on any atom is -0.305 e. The van der Waals surface area contributed by atoms with Gasteiger partial charge in [-0.1, -0.05) is 6.08 Å². The van der Waals surface area contributed by atoms with Crippen LogP contribution in [0.5, 0.6) is 0 Å². The lowest BCUT2D eigenvalue weighted by atomic mass is 9.93. The number of urea groups is 1. The molecule has 1 aliphatic carbocycles. The highest BCUT2D eigenvalue weighted by Gasteiger charge is 2.20. The van der Waals surface area contributed by atoms with E-state index in [1.165, 1.54) is 11.6 Å². The van der Waals surface area contributed by atoms with E-state index in [1.54, 1.807) is 11.7 Å². The number of aromatic nitrogens is 2. The number of carbonyl (C=O) groups excluding carboxylic acids is 1. The van der Waals surface area contributed by atoms with Crippen molar-refractivity contribution in [3.05, 3.63) is 47.2 Å². The predicted octanol–water partition coefficient (Wildman–Crippen LogP) is 4.61. The predicted molar refractivity (Wildman–Crippen MR) is 93.4 cm³/mol. The maximum atomic E-state index is 13.7. The van der Waals surface area contributed by atoms with Crippen molar-refractivity contribution in [2.75, 3.05) is 10.6 Å². The van der Waals surface area contributed by atoms with Gasteiger partial charge in [0.1, 0.15) is 17.5 Å². The van der Waals surface area contributed by atoms with Crippen molar-refractivity contribution in [1.82, 2.24) is 9.78 Å². The number of nitrogens with one attached hydrogen (secondary N) is 2. The van der Waals surface area contributed by atoms with Crippen LogP contribution in [-0.2, 0) is 7.05 Å². The Labute approximate surface area is 144 Å². The second-order valence-corrected chi connectivity index (χ2v) is 6.11. The van der Waals surface area contributed by atoms with E-state index in [0.29, 0.717) is 5.82 Å². The van der Waals surface area contributed by atoms with E-state index in [9.17, 15) is 13.6 Å². The molecule has 0 saturated carbocycles. The Bertz CT molecular complexity index is 842. The molecule has 1 aromatic heterocycles. The molecule has 0 bridgehead atoms. The monoisotopic (exact) mass is 346 g/mol. The maximum absolute atomic E-state index is 13.7. The molecule has 1 aliphatic rings. The van der Waals surface area contributed by atoms with Gasteiger partial charge in [0.15, 0.2) is 0 Å². The summed E-state index contributed by atoms with van der Waals surface area (Å²) >= 11 is 0. The van der Waals surface area contributed by atoms with E-state index >= 15 is 0 Å². The minimum absolute atomic E-state index is 0.0868. The lowest BCUT2D eigenvalue weighted by Crippen LogP contribution is -2.22. The Morgan fingerprint density at radius 1 is 1.24 bits per heavy atom. The standard InChI is InChI=1S/C18H20F2N4O/c1-11-16(12-6-4-3-5-7-12)17(24(2)23-11)22-18(25)21-15-9-8-13(19)10-14(15)20/h6,8-10H,3-5,7H2,1-2H3,(H2,21,22,25). The third kappa shape index (κ3) is 3.70. The molecular weight excluding hydrogens is 326 g/mol. The summed E-state index contributed by atoms with van der Waals surface area (Å²) in [6.45, 7) is 1.90. The zero-order valence-electron chi connectivity index (χ0n) is 14.2. The Balaban J connectivity index is 1.82. The number of rotatable bonds is 3. The van der Waals surface area contributed by atoms with Crippen LogP contribution in [0.4, 0.5) is 25.1 Å². The molecule has 0 saturated heterocycles. The van der Waals surface area contributed by atoms with Crippen molar-refractivity contribution < 1.29 is 13.6 Å². The number of allylic oxidation sites excluding steroid dienone is 2. The molecule has 1 heterocycles. The highest BCUT2D eigenvalue weighted by molar-refractivity contribution is 6.01. The number of carbonyl (C=O) groups is 1. The molecule has 5 nitrogen and oxygen atoms in total. The van der Waals surface area contributed by atoms with Crippen molar-refractivity contribution >= 4 is 23.1 Å². The van der Waals surface area contributed by atoms with Crippen LogP contribution in [0.25, 0.3) is 5.57 Å². The number of hydrogen-bond acceptors (Lipinski definition) is 2. The number of aryl methyl sites for hydroxylation is 2. The summed E-state index contributed by atoms with van der Waals surface area (Å²) < 4.78 is 28.3. The Morgan fingerprint density at radius 3 is 2.72 bits per heavy atom. The molecule has 25 heavy (non-hydrogen) atoms. The van der Waals surface area contributed by atoms with Crippen LogP contribution in [0, 0.1) is 18.6 Å². The van der Waals surface area contributed by atoms with Gasteiger partial charge in [-0.3, -0.25) is 10.00 Å². The number of halogens is 2. The van der Waals surface area contributed by atoms with Crippen molar-refractivity contribution in [2.24, 2.45) is 7.05 Å². The fourth-order valence-corrected chi connectivity index (χ4v) is 3.10. The van der Waals surface area contributed by atoms with E-state index < -0.39 is 17.7 Å². The minimum atomic E-state index is -0.827. The second-order valence-electron chi connectivity index (χ2n) is 6.11. The summed E-state index contributed by atoms with van der Waals surface area (Å²) in [4.78, 5) is 12.3. The van der Waals surface area contributed by atoms with Gasteiger partial charge in [-0.15, -0.1) is 0 Å². The van der Waals surface area contributed by atoms with E-state index in [4.69, 9.17) is 0 Å². The molecule has 0 radical (unpaired) electrons. The molecule has 2 N–H and O–H groups in total. The first-order valence-electron chi connectivity index (χ1n) is 8.22. The fourth-order valence-electron chi connectivity index (χ4n) is 3.10. The molecular formula is C18H20F2N4O. The van der Waals surface area contributed by atoms with Gasteiger partial charge in [-0.05, 0) is 50.3 Å². The summed E-state index contributed by atoms with van der Waals surface area (Å²) in [5, 5.41) is 9.52. The topological polar surface area (TPSA) is 59.0 Å². The van der Waals surface area contributed by atoms with Crippen molar-refractivity contribution in [2.45, 2.75) is 32.6 Å². The van der Waals surface area contributed by atoms with Gasteiger partial charge in [0, 0.05) is 18.7 Å². The molecule has 2 aromatic rings. The number of hydrogen-bond donors (Lipinski definition) is 2. The molecule has 132 valence electrons. The van der Waals surface area contributed by atoms with Crippen molar-refractivity contribution in [1.29, 1.82) is 0 Å². The van der Waals surface area contributed by atoms with E-state index in [0.717, 1.165) is 49.1 Å². The number of amides is 2. The highest BCUT2D eigenvalue weighted by Crippen LogP contribution is 2.33. The van der Waals surface area contributed by atoms with Gasteiger partial charge in [0.25, 0.3) is 0 Å². The quantitative estimate of drug-likeness (QED) is 0.853. The summed E-state index contributed by atoms with van der Waals surface area (Å²) in [6, 6.07) is 2.39. The summed E-state index contributed by atoms with van der Waals surface area (Å²) in [5.41, 5.74) is 2.83. The SMILES string of the molecule is Cc1nn(C)c(NC(=O)Nc2ccc(F)cc2F)c1C1=CCCCC1. The highest BCUT2D eigenvalue weighted by atomic mass is 19.1. The zero-order chi connectivity index (χ0) is 18.0. The van der Waals surface area contributed by atoms with Crippen LogP contribution >= 0.6 is 0 Å². The first-order chi connectivity index (χ1) is 12.0. The smallest absolute Gasteiger partial charge is 0.305 e. The Morgan fingerprint density at radius 2 is 2.04 bits per heavy atom. The maximum Gasteiger partial charge on any atom is 0.324 e. The van der Waals surface area contributed by atoms with E-state index in [1.807, 2.05) is 6.92 Å². The molecule has 0 aliphatic heterocycles. The average molecular weight is 346 g/mol. The molecule has 0 fully saturated rings. The van der Waals surface area contributed by atoms with Crippen LogP contribution < -0.4 is 10.6 Å². The summed E-state index contributed by atoms with van der Waals surface area (Å²) in [7, 11) is 1.74. The molecule has 0 atom stereocenters. The molecule has 0 spiro atoms. The van der Waals surface area contributed by atoms with Gasteiger partial charge in [-0.25, -0.2) is 13.6 Å². The first kappa shape index (κ1) is 17.1. The lowest BCUT2D eigenvalue weighted by Gasteiger charge is -2.15. The Hall–Kier alpha value is -2.70. The van der Waals surface area contributed by atoms with Gasteiger partial charge in [0.05, 0.1) is 11.4 Å². The van der Waals surface area contributed by atoms with Gasteiger partial charge in [-0.2, -0.15) is 5.10 Å². The van der Waals surface area contributed by atoms with Gasteiger partial charge < -0.3 is 5.32 Å². The third-order valence-electron chi connectivity index (χ3n) is 4.25. The number of nitrogens with zero attached hydrogens (tertiary/aromatic N) is 2. The van der Waals surface area contributed by atoms with Crippen LogP contribution in [0.2, 0.25) is 0 Å². The first-order valence-corrected chi connectivity index (χ1v) is 8.22. The molecule has 2 amide bonds. The molecule has 1 aromatic carbocycles. The lowest BCUT2D eigenvalue weighted by molar-refractivity contribution is 0.262. The van der Waals surface area contributed by atoms with Crippen molar-refractivity contribution in [3.63, 3.8) is 0 Å². The molecule has 0 unspecified atom stereocenters. The molecule has 3 rings (SSSR count). The zero-order valence-corrected chi connectivity index (χ0v) is 14.2. The third-order valence-corrected chi connectivity index (χ3v) is 4.25. The van der Waals surface area contributed by atoms with Crippen LogP contribution in [0.3, 0.4) is 0 Å². The van der Waals surface area contributed by atoms with E-state index in [-0.39, 0.29) is 5.69 Å². The number of benzene rings is 1. The van der Waals surface area contributed by atoms with Crippen LogP contribution in [0.15, 0.2) is 24.3 Å². The number of anilines is 2. The van der Waals surface area contributed by atoms with Crippen LogP contribution in [-0.4, -0.2) is 15.8 Å².